The maximum Gasteiger partial charge on any atom is 0.244 e. The molecule has 22 heavy (non-hydrogen) atoms. The van der Waals surface area contributed by atoms with Crippen LogP contribution in [0.4, 0.5) is 5.69 Å². The van der Waals surface area contributed by atoms with E-state index in [4.69, 9.17) is 34.8 Å². The van der Waals surface area contributed by atoms with Crippen LogP contribution in [0.5, 0.6) is 0 Å². The molecule has 1 N–H and O–H groups in total. The Morgan fingerprint density at radius 3 is 2.05 bits per heavy atom. The Hall–Kier alpha value is -1.49. The van der Waals surface area contributed by atoms with Crippen LogP contribution in [0.2, 0.25) is 15.1 Å². The molecule has 0 atom stereocenters. The van der Waals surface area contributed by atoms with E-state index >= 15 is 0 Å². The lowest BCUT2D eigenvalue weighted by Gasteiger charge is -2.15. The third-order valence-electron chi connectivity index (χ3n) is 3.13. The van der Waals surface area contributed by atoms with E-state index in [1.54, 1.807) is 18.4 Å². The Labute approximate surface area is 142 Å². The summed E-state index contributed by atoms with van der Waals surface area (Å²) in [5, 5.41) is 3.58. The monoisotopic (exact) mass is 358 g/mol. The standard InChI is InChI=1S/C15H13Cl3N2O2/c1-8-3-11(21)4-9(2)20(8)7-14(22)19-15-12(17)5-10(16)6-13(15)18/h3-6H,7H2,1-2H3,(H,19,22). The molecule has 0 fully saturated rings. The van der Waals surface area contributed by atoms with Crippen molar-refractivity contribution in [3.8, 4) is 0 Å². The molecule has 7 heteroatoms. The number of halogens is 3. The van der Waals surface area contributed by atoms with Gasteiger partial charge < -0.3 is 9.88 Å². The first kappa shape index (κ1) is 16.9. The molecular formula is C15H13Cl3N2O2. The zero-order valence-corrected chi connectivity index (χ0v) is 14.2. The zero-order valence-electron chi connectivity index (χ0n) is 11.9. The molecule has 4 nitrogen and oxygen atoms in total. The molecule has 1 heterocycles. The minimum Gasteiger partial charge on any atom is -0.340 e. The quantitative estimate of drug-likeness (QED) is 0.898. The summed E-state index contributed by atoms with van der Waals surface area (Å²) < 4.78 is 1.73. The Balaban J connectivity index is 2.23. The summed E-state index contributed by atoms with van der Waals surface area (Å²) in [7, 11) is 0. The zero-order chi connectivity index (χ0) is 16.4. The molecule has 1 amide bonds. The fourth-order valence-electron chi connectivity index (χ4n) is 2.12. The topological polar surface area (TPSA) is 51.1 Å². The maximum absolute atomic E-state index is 12.2. The minimum absolute atomic E-state index is 0.0488. The molecule has 2 rings (SSSR count). The molecule has 0 saturated heterocycles. The van der Waals surface area contributed by atoms with E-state index in [1.807, 2.05) is 0 Å². The number of aromatic nitrogens is 1. The summed E-state index contributed by atoms with van der Waals surface area (Å²) in [5.74, 6) is -0.305. The van der Waals surface area contributed by atoms with Gasteiger partial charge in [-0.15, -0.1) is 0 Å². The lowest BCUT2D eigenvalue weighted by molar-refractivity contribution is -0.116. The van der Waals surface area contributed by atoms with Gasteiger partial charge in [-0.05, 0) is 26.0 Å². The number of nitrogens with one attached hydrogen (secondary N) is 1. The molecule has 1 aromatic carbocycles. The van der Waals surface area contributed by atoms with Crippen molar-refractivity contribution >= 4 is 46.4 Å². The largest absolute Gasteiger partial charge is 0.340 e. The summed E-state index contributed by atoms with van der Waals surface area (Å²) in [6.45, 7) is 3.58. The van der Waals surface area contributed by atoms with E-state index in [1.165, 1.54) is 24.3 Å². The van der Waals surface area contributed by atoms with E-state index in [2.05, 4.69) is 5.32 Å². The van der Waals surface area contributed by atoms with Crippen LogP contribution in [-0.4, -0.2) is 10.5 Å². The Bertz CT molecular complexity index is 751. The second kappa shape index (κ2) is 6.73. The average Bonchev–Trinajstić information content (AvgIpc) is 2.38. The number of amides is 1. The van der Waals surface area contributed by atoms with E-state index < -0.39 is 0 Å². The van der Waals surface area contributed by atoms with Crippen molar-refractivity contribution in [1.29, 1.82) is 0 Å². The van der Waals surface area contributed by atoms with Crippen molar-refractivity contribution in [2.45, 2.75) is 20.4 Å². The first-order valence-corrected chi connectivity index (χ1v) is 7.54. The van der Waals surface area contributed by atoms with E-state index in [0.717, 1.165) is 0 Å². The molecule has 0 aliphatic carbocycles. The third-order valence-corrected chi connectivity index (χ3v) is 3.94. The van der Waals surface area contributed by atoms with Gasteiger partial charge in [-0.2, -0.15) is 0 Å². The molecule has 0 saturated carbocycles. The fourth-order valence-corrected chi connectivity index (χ4v) is 3.03. The predicted octanol–water partition coefficient (Wildman–Crippen LogP) is 4.06. The number of aryl methyl sites for hydroxylation is 2. The summed E-state index contributed by atoms with van der Waals surface area (Å²) in [6.07, 6.45) is 0. The molecule has 1 aromatic heterocycles. The van der Waals surface area contributed by atoms with Gasteiger partial charge in [0.15, 0.2) is 5.43 Å². The lowest BCUT2D eigenvalue weighted by Crippen LogP contribution is -2.23. The number of pyridine rings is 1. The normalized spacial score (nSPS) is 10.6. The highest BCUT2D eigenvalue weighted by atomic mass is 35.5. The van der Waals surface area contributed by atoms with Crippen LogP contribution in [0.25, 0.3) is 0 Å². The van der Waals surface area contributed by atoms with Crippen molar-refractivity contribution in [2.24, 2.45) is 0 Å². The van der Waals surface area contributed by atoms with E-state index in [9.17, 15) is 9.59 Å². The predicted molar refractivity (Wildman–Crippen MR) is 90.3 cm³/mol. The van der Waals surface area contributed by atoms with Gasteiger partial charge in [0.25, 0.3) is 0 Å². The molecule has 116 valence electrons. The van der Waals surface area contributed by atoms with Crippen LogP contribution >= 0.6 is 34.8 Å². The van der Waals surface area contributed by atoms with E-state index in [0.29, 0.717) is 22.1 Å². The molecule has 0 unspecified atom stereocenters. The van der Waals surface area contributed by atoms with Gasteiger partial charge in [0, 0.05) is 28.5 Å². The maximum atomic E-state index is 12.2. The number of rotatable bonds is 3. The molecular weight excluding hydrogens is 347 g/mol. The second-order valence-electron chi connectivity index (χ2n) is 4.85. The van der Waals surface area contributed by atoms with Crippen LogP contribution < -0.4 is 10.7 Å². The molecule has 0 radical (unpaired) electrons. The van der Waals surface area contributed by atoms with Crippen LogP contribution in [0.1, 0.15) is 11.4 Å². The summed E-state index contributed by atoms with van der Waals surface area (Å²) >= 11 is 17.9. The highest BCUT2D eigenvalue weighted by molar-refractivity contribution is 6.42. The molecule has 0 bridgehead atoms. The lowest BCUT2D eigenvalue weighted by atomic mass is 10.2. The van der Waals surface area contributed by atoms with Gasteiger partial charge in [-0.3, -0.25) is 9.59 Å². The second-order valence-corrected chi connectivity index (χ2v) is 6.10. The van der Waals surface area contributed by atoms with Crippen LogP contribution in [0, 0.1) is 13.8 Å². The molecule has 2 aromatic rings. The van der Waals surface area contributed by atoms with E-state index in [-0.39, 0.29) is 27.9 Å². The van der Waals surface area contributed by atoms with Gasteiger partial charge in [-0.25, -0.2) is 0 Å². The number of carbonyl (C=O) groups excluding carboxylic acids is 1. The highest BCUT2D eigenvalue weighted by Gasteiger charge is 2.13. The number of hydrogen-bond donors (Lipinski definition) is 1. The Kier molecular flexibility index (Phi) is 5.16. The van der Waals surface area contributed by atoms with Crippen LogP contribution in [0.15, 0.2) is 29.1 Å². The average molecular weight is 360 g/mol. The fraction of sp³-hybridized carbons (Fsp3) is 0.200. The molecule has 0 spiro atoms. The molecule has 0 aliphatic rings. The van der Waals surface area contributed by atoms with Crippen molar-refractivity contribution in [3.05, 3.63) is 60.9 Å². The first-order chi connectivity index (χ1) is 10.3. The highest BCUT2D eigenvalue weighted by Crippen LogP contribution is 2.33. The third kappa shape index (κ3) is 3.83. The summed E-state index contributed by atoms with van der Waals surface area (Å²) in [5.41, 5.74) is 1.63. The SMILES string of the molecule is Cc1cc(=O)cc(C)n1CC(=O)Nc1c(Cl)cc(Cl)cc1Cl. The number of nitrogens with zero attached hydrogens (tertiary/aromatic N) is 1. The van der Waals surface area contributed by atoms with Crippen molar-refractivity contribution in [2.75, 3.05) is 5.32 Å². The number of anilines is 1. The van der Waals surface area contributed by atoms with Gasteiger partial charge >= 0.3 is 0 Å². The smallest absolute Gasteiger partial charge is 0.244 e. The Morgan fingerprint density at radius 2 is 1.55 bits per heavy atom. The van der Waals surface area contributed by atoms with Crippen molar-refractivity contribution < 1.29 is 4.79 Å². The Morgan fingerprint density at radius 1 is 1.05 bits per heavy atom. The number of hydrogen-bond acceptors (Lipinski definition) is 2. The summed E-state index contributed by atoms with van der Waals surface area (Å²) in [4.78, 5) is 23.6. The van der Waals surface area contributed by atoms with Crippen LogP contribution in [-0.2, 0) is 11.3 Å². The minimum atomic E-state index is -0.305. The van der Waals surface area contributed by atoms with Crippen molar-refractivity contribution in [1.82, 2.24) is 4.57 Å². The van der Waals surface area contributed by atoms with Gasteiger partial charge in [-0.1, -0.05) is 34.8 Å². The number of carbonyl (C=O) groups is 1. The van der Waals surface area contributed by atoms with Gasteiger partial charge in [0.2, 0.25) is 5.91 Å². The van der Waals surface area contributed by atoms with Crippen molar-refractivity contribution in [3.63, 3.8) is 0 Å². The summed E-state index contributed by atoms with van der Waals surface area (Å²) in [6, 6.07) is 5.95. The van der Waals surface area contributed by atoms with Gasteiger partial charge in [0.1, 0.15) is 6.54 Å². The number of benzene rings is 1. The van der Waals surface area contributed by atoms with Gasteiger partial charge in [0.05, 0.1) is 15.7 Å². The van der Waals surface area contributed by atoms with Crippen LogP contribution in [0.3, 0.4) is 0 Å². The first-order valence-electron chi connectivity index (χ1n) is 6.40. The molecule has 0 aliphatic heterocycles.